The number of fused-ring (bicyclic) bond motifs is 1. The van der Waals surface area contributed by atoms with Gasteiger partial charge in [-0.1, -0.05) is 38.0 Å². The first-order valence-electron chi connectivity index (χ1n) is 11.7. The normalized spacial score (nSPS) is 18.8. The minimum atomic E-state index is -0.844. The molecule has 1 fully saturated rings. The van der Waals surface area contributed by atoms with E-state index in [-0.39, 0.29) is 17.2 Å². The van der Waals surface area contributed by atoms with Crippen molar-refractivity contribution in [1.29, 1.82) is 0 Å². The van der Waals surface area contributed by atoms with Gasteiger partial charge in [0.25, 0.3) is 5.91 Å². The van der Waals surface area contributed by atoms with E-state index in [1.54, 1.807) is 30.3 Å². The predicted octanol–water partition coefficient (Wildman–Crippen LogP) is 3.25. The Morgan fingerprint density at radius 2 is 1.66 bits per heavy atom. The van der Waals surface area contributed by atoms with Gasteiger partial charge in [0, 0.05) is 17.2 Å². The molecule has 4 rings (SSSR count). The highest BCUT2D eigenvalue weighted by Crippen LogP contribution is 2.31. The molecule has 0 spiro atoms. The Hall–Kier alpha value is -3.88. The summed E-state index contributed by atoms with van der Waals surface area (Å²) in [6, 6.07) is 10.4. The van der Waals surface area contributed by atoms with Crippen LogP contribution in [0.15, 0.2) is 42.5 Å². The third-order valence-electron chi connectivity index (χ3n) is 6.21. The summed E-state index contributed by atoms with van der Waals surface area (Å²) in [6.45, 7) is 2.23. The summed E-state index contributed by atoms with van der Waals surface area (Å²) in [6.07, 6.45) is 4.06. The maximum absolute atomic E-state index is 13.1. The molecule has 2 aromatic carbocycles. The summed E-state index contributed by atoms with van der Waals surface area (Å²) in [5, 5.41) is 5.00. The summed E-state index contributed by atoms with van der Waals surface area (Å²) >= 11 is 0. The van der Waals surface area contributed by atoms with Crippen LogP contribution in [-0.2, 0) is 9.53 Å². The molecule has 0 bridgehead atoms. The Bertz CT molecular complexity index is 1130. The van der Waals surface area contributed by atoms with E-state index in [0.29, 0.717) is 36.2 Å². The van der Waals surface area contributed by atoms with E-state index in [4.69, 9.17) is 14.2 Å². The number of ketones is 1. The van der Waals surface area contributed by atoms with Crippen LogP contribution in [0.2, 0.25) is 0 Å². The summed E-state index contributed by atoms with van der Waals surface area (Å²) < 4.78 is 16.1. The number of urea groups is 1. The Morgan fingerprint density at radius 1 is 0.943 bits per heavy atom. The second-order valence-corrected chi connectivity index (χ2v) is 8.70. The number of nitrogens with one attached hydrogen (secondary N) is 2. The lowest BCUT2D eigenvalue weighted by atomic mass is 9.86. The van der Waals surface area contributed by atoms with E-state index >= 15 is 0 Å². The average molecular weight is 481 g/mol. The van der Waals surface area contributed by atoms with Crippen molar-refractivity contribution in [2.75, 3.05) is 19.8 Å². The van der Waals surface area contributed by atoms with Crippen molar-refractivity contribution in [2.45, 2.75) is 38.6 Å². The molecule has 2 aromatic rings. The van der Waals surface area contributed by atoms with Gasteiger partial charge in [-0.15, -0.1) is 0 Å². The molecule has 0 unspecified atom stereocenters. The van der Waals surface area contributed by atoms with Crippen molar-refractivity contribution >= 4 is 23.7 Å². The third kappa shape index (κ3) is 5.98. The number of carbonyl (C=O) groups is 4. The standard InChI is InChI=1S/C26H28N2O7/c1-16-6-2-5-9-20(16)27-26(32)28-23(29)15-35-25(31)19-8-4-3-7-18(19)24(30)17-10-11-21-22(14-17)34-13-12-33-21/h3-4,7-8,10-11,14,16,20H,2,5-6,9,12-13,15H2,1H3,(H2,27,28,29,32)/t16-,20-/m1/s1. The largest absolute Gasteiger partial charge is 0.486 e. The molecule has 35 heavy (non-hydrogen) atoms. The summed E-state index contributed by atoms with van der Waals surface area (Å²) in [5.41, 5.74) is 0.458. The quantitative estimate of drug-likeness (QED) is 0.481. The van der Waals surface area contributed by atoms with Crippen molar-refractivity contribution in [3.05, 3.63) is 59.2 Å². The maximum atomic E-state index is 13.1. The van der Waals surface area contributed by atoms with Crippen molar-refractivity contribution < 1.29 is 33.4 Å². The topological polar surface area (TPSA) is 120 Å². The number of esters is 1. The first kappa shape index (κ1) is 24.3. The van der Waals surface area contributed by atoms with Gasteiger partial charge in [-0.2, -0.15) is 0 Å². The Kier molecular flexibility index (Phi) is 7.64. The minimum absolute atomic E-state index is 0.0116. The van der Waals surface area contributed by atoms with Crippen LogP contribution in [0.4, 0.5) is 4.79 Å². The summed E-state index contributed by atoms with van der Waals surface area (Å²) in [7, 11) is 0. The van der Waals surface area contributed by atoms with E-state index in [1.807, 2.05) is 0 Å². The van der Waals surface area contributed by atoms with Crippen molar-refractivity contribution in [2.24, 2.45) is 5.92 Å². The molecule has 3 amide bonds. The van der Waals surface area contributed by atoms with Crippen LogP contribution >= 0.6 is 0 Å². The number of ether oxygens (including phenoxy) is 3. The molecule has 2 aliphatic rings. The monoisotopic (exact) mass is 480 g/mol. The van der Waals surface area contributed by atoms with Crippen LogP contribution in [0.1, 0.15) is 58.9 Å². The van der Waals surface area contributed by atoms with Crippen LogP contribution < -0.4 is 20.1 Å². The smallest absolute Gasteiger partial charge is 0.339 e. The lowest BCUT2D eigenvalue weighted by Gasteiger charge is -2.29. The van der Waals surface area contributed by atoms with E-state index in [2.05, 4.69) is 17.6 Å². The molecular weight excluding hydrogens is 452 g/mol. The molecule has 1 heterocycles. The van der Waals surface area contributed by atoms with Gasteiger partial charge in [0.05, 0.1) is 5.56 Å². The zero-order valence-electron chi connectivity index (χ0n) is 19.5. The van der Waals surface area contributed by atoms with Crippen molar-refractivity contribution in [3.8, 4) is 11.5 Å². The maximum Gasteiger partial charge on any atom is 0.339 e. The van der Waals surface area contributed by atoms with Crippen LogP contribution in [0, 0.1) is 5.92 Å². The lowest BCUT2D eigenvalue weighted by Crippen LogP contribution is -2.48. The zero-order chi connectivity index (χ0) is 24.8. The minimum Gasteiger partial charge on any atom is -0.486 e. The number of amides is 3. The number of hydrogen-bond donors (Lipinski definition) is 2. The molecule has 184 valence electrons. The number of carbonyl (C=O) groups excluding carboxylic acids is 4. The second-order valence-electron chi connectivity index (χ2n) is 8.70. The molecule has 0 aromatic heterocycles. The Labute approximate surface area is 203 Å². The fraction of sp³-hybridized carbons (Fsp3) is 0.385. The van der Waals surface area contributed by atoms with Crippen LogP contribution in [0.3, 0.4) is 0 Å². The van der Waals surface area contributed by atoms with Crippen LogP contribution in [-0.4, -0.2) is 49.6 Å². The molecule has 2 atom stereocenters. The van der Waals surface area contributed by atoms with Gasteiger partial charge in [-0.25, -0.2) is 9.59 Å². The van der Waals surface area contributed by atoms with Crippen LogP contribution in [0.25, 0.3) is 0 Å². The summed E-state index contributed by atoms with van der Waals surface area (Å²) in [5.74, 6) is -0.656. The fourth-order valence-corrected chi connectivity index (χ4v) is 4.31. The number of imide groups is 1. The Morgan fingerprint density at radius 3 is 2.43 bits per heavy atom. The highest BCUT2D eigenvalue weighted by Gasteiger charge is 2.25. The molecule has 2 N–H and O–H groups in total. The predicted molar refractivity (Wildman–Crippen MR) is 126 cm³/mol. The molecular formula is C26H28N2O7. The highest BCUT2D eigenvalue weighted by molar-refractivity contribution is 6.14. The van der Waals surface area contributed by atoms with Crippen molar-refractivity contribution in [1.82, 2.24) is 10.6 Å². The van der Waals surface area contributed by atoms with Crippen molar-refractivity contribution in [3.63, 3.8) is 0 Å². The van der Waals surface area contributed by atoms with Gasteiger partial charge in [0.15, 0.2) is 23.9 Å². The second kappa shape index (κ2) is 11.0. The van der Waals surface area contributed by atoms with Gasteiger partial charge in [-0.05, 0) is 43.0 Å². The SMILES string of the molecule is C[C@@H]1CCCC[C@H]1NC(=O)NC(=O)COC(=O)c1ccccc1C(=O)c1ccc2c(c1)OCCO2. The van der Waals surface area contributed by atoms with E-state index in [0.717, 1.165) is 25.7 Å². The molecule has 1 aliphatic carbocycles. The van der Waals surface area contributed by atoms with Crippen LogP contribution in [0.5, 0.6) is 11.5 Å². The number of hydrogen-bond acceptors (Lipinski definition) is 7. The first-order chi connectivity index (χ1) is 16.9. The molecule has 9 heteroatoms. The number of benzene rings is 2. The lowest BCUT2D eigenvalue weighted by molar-refractivity contribution is -0.123. The molecule has 0 radical (unpaired) electrons. The highest BCUT2D eigenvalue weighted by atomic mass is 16.6. The molecule has 1 aliphatic heterocycles. The molecule has 0 saturated heterocycles. The van der Waals surface area contributed by atoms with Gasteiger partial charge in [0.1, 0.15) is 13.2 Å². The van der Waals surface area contributed by atoms with E-state index in [9.17, 15) is 19.2 Å². The van der Waals surface area contributed by atoms with Gasteiger partial charge >= 0.3 is 12.0 Å². The molecule has 1 saturated carbocycles. The van der Waals surface area contributed by atoms with E-state index < -0.39 is 30.3 Å². The molecule has 9 nitrogen and oxygen atoms in total. The first-order valence-corrected chi connectivity index (χ1v) is 11.7. The Balaban J connectivity index is 1.36. The van der Waals surface area contributed by atoms with Gasteiger partial charge in [-0.3, -0.25) is 14.9 Å². The van der Waals surface area contributed by atoms with Gasteiger partial charge < -0.3 is 19.5 Å². The van der Waals surface area contributed by atoms with Gasteiger partial charge in [0.2, 0.25) is 0 Å². The zero-order valence-corrected chi connectivity index (χ0v) is 19.5. The van der Waals surface area contributed by atoms with E-state index in [1.165, 1.54) is 12.1 Å². The third-order valence-corrected chi connectivity index (χ3v) is 6.21. The average Bonchev–Trinajstić information content (AvgIpc) is 2.88. The number of rotatable bonds is 6. The fourth-order valence-electron chi connectivity index (χ4n) is 4.31. The summed E-state index contributed by atoms with van der Waals surface area (Å²) in [4.78, 5) is 50.1.